The van der Waals surface area contributed by atoms with Crippen molar-refractivity contribution >= 4 is 11.6 Å². The fourth-order valence-electron chi connectivity index (χ4n) is 2.80. The second-order valence-electron chi connectivity index (χ2n) is 5.34. The molecule has 0 aromatic heterocycles. The van der Waals surface area contributed by atoms with Gasteiger partial charge in [-0.15, -0.1) is 0 Å². The summed E-state index contributed by atoms with van der Waals surface area (Å²) in [4.78, 5) is 12.0. The molecule has 1 amide bonds. The van der Waals surface area contributed by atoms with Gasteiger partial charge < -0.3 is 15.8 Å². The highest BCUT2D eigenvalue weighted by atomic mass is 16.5. The first kappa shape index (κ1) is 13.9. The molecule has 0 radical (unpaired) electrons. The topological polar surface area (TPSA) is 64.3 Å². The van der Waals surface area contributed by atoms with Gasteiger partial charge in [-0.3, -0.25) is 4.79 Å². The minimum absolute atomic E-state index is 0.0952. The number of aryl methyl sites for hydroxylation is 1. The molecule has 1 fully saturated rings. The van der Waals surface area contributed by atoms with Crippen LogP contribution in [0.15, 0.2) is 24.3 Å². The number of amides is 1. The molecule has 4 heteroatoms. The third-order valence-corrected chi connectivity index (χ3v) is 4.03. The van der Waals surface area contributed by atoms with E-state index >= 15 is 0 Å². The summed E-state index contributed by atoms with van der Waals surface area (Å²) >= 11 is 0. The molecule has 0 saturated heterocycles. The van der Waals surface area contributed by atoms with Gasteiger partial charge in [0.2, 0.25) is 5.91 Å². The van der Waals surface area contributed by atoms with Crippen molar-refractivity contribution in [2.75, 3.05) is 12.4 Å². The Kier molecular flexibility index (Phi) is 4.10. The molecule has 1 aromatic carbocycles. The average Bonchev–Trinajstić information content (AvgIpc) is 2.41. The number of anilines is 1. The quantitative estimate of drug-likeness (QED) is 0.874. The van der Waals surface area contributed by atoms with Crippen molar-refractivity contribution in [1.82, 2.24) is 0 Å². The number of para-hydroxylation sites is 1. The maximum Gasteiger partial charge on any atom is 0.243 e. The van der Waals surface area contributed by atoms with E-state index in [0.29, 0.717) is 6.42 Å². The monoisotopic (exact) mass is 262 g/mol. The Bertz CT molecular complexity index is 461. The molecular formula is C15H22N2O2. The van der Waals surface area contributed by atoms with Crippen molar-refractivity contribution in [2.24, 2.45) is 5.73 Å². The maximum absolute atomic E-state index is 12.0. The van der Waals surface area contributed by atoms with Crippen LogP contribution in [-0.2, 0) is 9.53 Å². The number of methoxy groups -OCH3 is 1. The molecule has 2 unspecified atom stereocenters. The van der Waals surface area contributed by atoms with E-state index in [1.807, 2.05) is 31.2 Å². The molecule has 0 heterocycles. The Morgan fingerprint density at radius 2 is 2.21 bits per heavy atom. The van der Waals surface area contributed by atoms with Crippen LogP contribution < -0.4 is 11.1 Å². The Balaban J connectivity index is 2.25. The van der Waals surface area contributed by atoms with Crippen molar-refractivity contribution in [3.63, 3.8) is 0 Å². The lowest BCUT2D eigenvalue weighted by molar-refractivity contribution is -0.125. The van der Waals surface area contributed by atoms with Crippen LogP contribution in [0, 0.1) is 6.92 Å². The number of hydrogen-bond donors (Lipinski definition) is 2. The molecule has 19 heavy (non-hydrogen) atoms. The first-order valence-electron chi connectivity index (χ1n) is 6.74. The Morgan fingerprint density at radius 1 is 1.47 bits per heavy atom. The van der Waals surface area contributed by atoms with Gasteiger partial charge in [-0.2, -0.15) is 0 Å². The second kappa shape index (κ2) is 5.61. The highest BCUT2D eigenvalue weighted by Gasteiger charge is 2.41. The molecule has 1 aliphatic rings. The van der Waals surface area contributed by atoms with Crippen LogP contribution in [0.1, 0.15) is 31.2 Å². The van der Waals surface area contributed by atoms with Gasteiger partial charge in [-0.1, -0.05) is 18.2 Å². The third kappa shape index (κ3) is 2.89. The lowest BCUT2D eigenvalue weighted by Crippen LogP contribution is -2.54. The summed E-state index contributed by atoms with van der Waals surface area (Å²) in [6.07, 6.45) is 3.42. The molecule has 0 spiro atoms. The number of carbonyl (C=O) groups is 1. The normalized spacial score (nSPS) is 26.9. The summed E-state index contributed by atoms with van der Waals surface area (Å²) in [5.74, 6) is -0.294. The number of nitrogens with one attached hydrogen (secondary N) is 1. The van der Waals surface area contributed by atoms with Crippen LogP contribution in [0.5, 0.6) is 0 Å². The van der Waals surface area contributed by atoms with Gasteiger partial charge in [0.1, 0.15) is 5.54 Å². The van der Waals surface area contributed by atoms with Crippen molar-refractivity contribution in [3.8, 4) is 0 Å². The fourth-order valence-corrected chi connectivity index (χ4v) is 2.80. The number of benzene rings is 1. The van der Waals surface area contributed by atoms with E-state index in [1.165, 1.54) is 0 Å². The van der Waals surface area contributed by atoms with Crippen LogP contribution in [0.25, 0.3) is 0 Å². The second-order valence-corrected chi connectivity index (χ2v) is 5.34. The average molecular weight is 262 g/mol. The van der Waals surface area contributed by atoms with E-state index in [4.69, 9.17) is 10.5 Å². The fraction of sp³-hybridized carbons (Fsp3) is 0.533. The van der Waals surface area contributed by atoms with Crippen molar-refractivity contribution in [2.45, 2.75) is 44.2 Å². The summed E-state index contributed by atoms with van der Waals surface area (Å²) in [6.45, 7) is 2.02. The Labute approximate surface area is 114 Å². The van der Waals surface area contributed by atoms with E-state index in [-0.39, 0.29) is 12.0 Å². The van der Waals surface area contributed by atoms with Gasteiger partial charge in [0.25, 0.3) is 0 Å². The zero-order valence-electron chi connectivity index (χ0n) is 11.6. The minimum atomic E-state index is -0.689. The Morgan fingerprint density at radius 3 is 2.84 bits per heavy atom. The summed E-state index contributed by atoms with van der Waals surface area (Å²) < 4.78 is 5.42. The SMILES string of the molecule is COC1CCCC(Nc2ccccc2C)(C(N)=O)C1. The molecule has 2 atom stereocenters. The summed E-state index contributed by atoms with van der Waals surface area (Å²) in [6, 6.07) is 7.95. The van der Waals surface area contributed by atoms with Crippen molar-refractivity contribution < 1.29 is 9.53 Å². The predicted molar refractivity (Wildman–Crippen MR) is 76.0 cm³/mol. The van der Waals surface area contributed by atoms with Crippen LogP contribution in [0.2, 0.25) is 0 Å². The summed E-state index contributed by atoms with van der Waals surface area (Å²) in [5.41, 5.74) is 7.05. The number of carbonyl (C=O) groups excluding carboxylic acids is 1. The van der Waals surface area contributed by atoms with E-state index in [9.17, 15) is 4.79 Å². The predicted octanol–water partition coefficient (Wildman–Crippen LogP) is 2.22. The van der Waals surface area contributed by atoms with E-state index in [0.717, 1.165) is 30.5 Å². The summed E-state index contributed by atoms with van der Waals surface area (Å²) in [5, 5.41) is 3.37. The van der Waals surface area contributed by atoms with Crippen LogP contribution in [0.4, 0.5) is 5.69 Å². The molecule has 1 aliphatic carbocycles. The van der Waals surface area contributed by atoms with E-state index in [1.54, 1.807) is 7.11 Å². The number of ether oxygens (including phenoxy) is 1. The molecule has 1 saturated carbocycles. The van der Waals surface area contributed by atoms with Gasteiger partial charge in [0, 0.05) is 19.2 Å². The maximum atomic E-state index is 12.0. The van der Waals surface area contributed by atoms with Crippen LogP contribution >= 0.6 is 0 Å². The third-order valence-electron chi connectivity index (χ3n) is 4.03. The zero-order chi connectivity index (χ0) is 13.9. The Hall–Kier alpha value is -1.55. The lowest BCUT2D eigenvalue weighted by atomic mass is 9.79. The first-order valence-corrected chi connectivity index (χ1v) is 6.74. The molecule has 3 N–H and O–H groups in total. The molecule has 104 valence electrons. The standard InChI is InChI=1S/C15H22N2O2/c1-11-6-3-4-8-13(11)17-15(14(16)18)9-5-7-12(10-15)19-2/h3-4,6,8,12,17H,5,7,9-10H2,1-2H3,(H2,16,18). The van der Waals surface area contributed by atoms with E-state index in [2.05, 4.69) is 5.32 Å². The highest BCUT2D eigenvalue weighted by molar-refractivity contribution is 5.88. The van der Waals surface area contributed by atoms with Gasteiger partial charge in [0.15, 0.2) is 0 Å². The highest BCUT2D eigenvalue weighted by Crippen LogP contribution is 2.33. The molecule has 2 rings (SSSR count). The number of hydrogen-bond acceptors (Lipinski definition) is 3. The van der Waals surface area contributed by atoms with E-state index < -0.39 is 5.54 Å². The van der Waals surface area contributed by atoms with Gasteiger partial charge in [0.05, 0.1) is 6.10 Å². The molecule has 0 aliphatic heterocycles. The molecular weight excluding hydrogens is 240 g/mol. The first-order chi connectivity index (χ1) is 9.07. The van der Waals surface area contributed by atoms with Gasteiger partial charge in [-0.25, -0.2) is 0 Å². The smallest absolute Gasteiger partial charge is 0.243 e. The number of rotatable bonds is 4. The van der Waals surface area contributed by atoms with Crippen molar-refractivity contribution in [1.29, 1.82) is 0 Å². The largest absolute Gasteiger partial charge is 0.381 e. The lowest BCUT2D eigenvalue weighted by Gasteiger charge is -2.39. The van der Waals surface area contributed by atoms with Crippen LogP contribution in [-0.4, -0.2) is 24.7 Å². The van der Waals surface area contributed by atoms with Crippen molar-refractivity contribution in [3.05, 3.63) is 29.8 Å². The number of nitrogens with two attached hydrogens (primary N) is 1. The number of primary amides is 1. The van der Waals surface area contributed by atoms with Crippen LogP contribution in [0.3, 0.4) is 0 Å². The molecule has 4 nitrogen and oxygen atoms in total. The van der Waals surface area contributed by atoms with Gasteiger partial charge in [-0.05, 0) is 37.8 Å². The minimum Gasteiger partial charge on any atom is -0.381 e. The van der Waals surface area contributed by atoms with Gasteiger partial charge >= 0.3 is 0 Å². The molecule has 0 bridgehead atoms. The summed E-state index contributed by atoms with van der Waals surface area (Å²) in [7, 11) is 1.69. The molecule has 1 aromatic rings. The zero-order valence-corrected chi connectivity index (χ0v) is 11.6.